The Kier molecular flexibility index (Phi) is 6.05. The zero-order valence-corrected chi connectivity index (χ0v) is 17.2. The van der Waals surface area contributed by atoms with E-state index < -0.39 is 0 Å². The molecule has 3 heterocycles. The van der Waals surface area contributed by atoms with Crippen LogP contribution >= 0.6 is 11.3 Å². The van der Waals surface area contributed by atoms with Gasteiger partial charge >= 0.3 is 0 Å². The average Bonchev–Trinajstić information content (AvgIpc) is 3.45. The normalized spacial score (nSPS) is 13.5. The molecule has 1 N–H and O–H groups in total. The molecular formula is C22H24N4O2S. The maximum absolute atomic E-state index is 12.5. The molecule has 1 amide bonds. The number of thiazole rings is 1. The maximum Gasteiger partial charge on any atom is 0.271 e. The van der Waals surface area contributed by atoms with E-state index in [-0.39, 0.29) is 5.91 Å². The predicted octanol–water partition coefficient (Wildman–Crippen LogP) is 4.13. The van der Waals surface area contributed by atoms with Gasteiger partial charge in [-0.05, 0) is 49.6 Å². The first-order valence-corrected chi connectivity index (χ1v) is 10.8. The predicted molar refractivity (Wildman–Crippen MR) is 116 cm³/mol. The van der Waals surface area contributed by atoms with Gasteiger partial charge in [0.1, 0.15) is 22.3 Å². The minimum Gasteiger partial charge on any atom is -0.494 e. The molecule has 0 aliphatic carbocycles. The van der Waals surface area contributed by atoms with Crippen LogP contribution in [0.2, 0.25) is 0 Å². The van der Waals surface area contributed by atoms with Gasteiger partial charge in [0.2, 0.25) is 0 Å². The monoisotopic (exact) mass is 408 g/mol. The van der Waals surface area contributed by atoms with Crippen LogP contribution in [0, 0.1) is 0 Å². The fourth-order valence-corrected chi connectivity index (χ4v) is 4.13. The smallest absolute Gasteiger partial charge is 0.271 e. The van der Waals surface area contributed by atoms with E-state index in [1.807, 2.05) is 49.5 Å². The second kappa shape index (κ2) is 9.05. The molecule has 0 radical (unpaired) electrons. The average molecular weight is 409 g/mol. The third-order valence-electron chi connectivity index (χ3n) is 4.82. The Morgan fingerprint density at radius 2 is 2.10 bits per heavy atom. The van der Waals surface area contributed by atoms with Crippen molar-refractivity contribution in [3.8, 4) is 16.3 Å². The first kappa shape index (κ1) is 19.4. The van der Waals surface area contributed by atoms with Crippen molar-refractivity contribution in [2.45, 2.75) is 26.3 Å². The van der Waals surface area contributed by atoms with Crippen LogP contribution in [0.15, 0.2) is 48.0 Å². The highest BCUT2D eigenvalue weighted by molar-refractivity contribution is 7.13. The summed E-state index contributed by atoms with van der Waals surface area (Å²) in [6, 6.07) is 11.8. The Morgan fingerprint density at radius 1 is 1.24 bits per heavy atom. The summed E-state index contributed by atoms with van der Waals surface area (Å²) in [7, 11) is 0. The van der Waals surface area contributed by atoms with E-state index >= 15 is 0 Å². The minimum absolute atomic E-state index is 0.184. The Hall–Kier alpha value is -2.93. The Labute approximate surface area is 174 Å². The number of hydrogen-bond donors (Lipinski definition) is 1. The number of rotatable bonds is 7. The second-order valence-electron chi connectivity index (χ2n) is 6.90. The molecule has 2 aromatic heterocycles. The standard InChI is InChI=1S/C22H24N4O2S/c1-2-28-18-7-5-6-16(12-18)13-24-21(27)19-15-29-22(25-19)17-8-9-20(23-14-17)26-10-3-4-11-26/h5-9,12,14-15H,2-4,10-11,13H2,1H3,(H,24,27). The van der Waals surface area contributed by atoms with Gasteiger partial charge in [0.15, 0.2) is 0 Å². The summed E-state index contributed by atoms with van der Waals surface area (Å²) in [5.41, 5.74) is 2.34. The molecule has 1 fully saturated rings. The van der Waals surface area contributed by atoms with Gasteiger partial charge in [-0.15, -0.1) is 11.3 Å². The number of nitrogens with one attached hydrogen (secondary N) is 1. The van der Waals surface area contributed by atoms with E-state index in [4.69, 9.17) is 4.74 Å². The summed E-state index contributed by atoms with van der Waals surface area (Å²) >= 11 is 1.45. The Balaban J connectivity index is 1.38. The fraction of sp³-hybridized carbons (Fsp3) is 0.318. The molecule has 0 saturated carbocycles. The van der Waals surface area contributed by atoms with Crippen LogP contribution < -0.4 is 15.0 Å². The number of pyridine rings is 1. The molecular weight excluding hydrogens is 384 g/mol. The van der Waals surface area contributed by atoms with Crippen LogP contribution in [0.5, 0.6) is 5.75 Å². The van der Waals surface area contributed by atoms with Crippen molar-refractivity contribution in [1.82, 2.24) is 15.3 Å². The van der Waals surface area contributed by atoms with Crippen LogP contribution in [0.25, 0.3) is 10.6 Å². The van der Waals surface area contributed by atoms with Gasteiger partial charge in [-0.1, -0.05) is 12.1 Å². The van der Waals surface area contributed by atoms with Crippen LogP contribution in [-0.4, -0.2) is 35.6 Å². The SMILES string of the molecule is CCOc1cccc(CNC(=O)c2csc(-c3ccc(N4CCCC4)nc3)n2)c1. The molecule has 0 atom stereocenters. The molecule has 0 bridgehead atoms. The molecule has 1 saturated heterocycles. The highest BCUT2D eigenvalue weighted by Gasteiger charge is 2.15. The number of hydrogen-bond acceptors (Lipinski definition) is 6. The Bertz CT molecular complexity index is 965. The van der Waals surface area contributed by atoms with Crippen molar-refractivity contribution in [2.24, 2.45) is 0 Å². The Morgan fingerprint density at radius 3 is 2.86 bits per heavy atom. The molecule has 1 aliphatic heterocycles. The molecule has 150 valence electrons. The lowest BCUT2D eigenvalue weighted by molar-refractivity contribution is 0.0946. The molecule has 1 aromatic carbocycles. The van der Waals surface area contributed by atoms with E-state index in [0.717, 1.165) is 40.8 Å². The van der Waals surface area contributed by atoms with Gasteiger partial charge in [-0.3, -0.25) is 4.79 Å². The molecule has 3 aromatic rings. The molecule has 0 unspecified atom stereocenters. The molecule has 0 spiro atoms. The first-order chi connectivity index (χ1) is 14.2. The summed E-state index contributed by atoms with van der Waals surface area (Å²) in [6.07, 6.45) is 4.29. The van der Waals surface area contributed by atoms with Crippen LogP contribution in [0.1, 0.15) is 35.8 Å². The van der Waals surface area contributed by atoms with Gasteiger partial charge < -0.3 is 15.0 Å². The van der Waals surface area contributed by atoms with E-state index in [9.17, 15) is 4.79 Å². The van der Waals surface area contributed by atoms with Crippen molar-refractivity contribution >= 4 is 23.1 Å². The largest absolute Gasteiger partial charge is 0.494 e. The zero-order valence-electron chi connectivity index (χ0n) is 16.4. The minimum atomic E-state index is -0.184. The number of ether oxygens (including phenoxy) is 1. The number of carbonyl (C=O) groups excluding carboxylic acids is 1. The zero-order chi connectivity index (χ0) is 20.1. The van der Waals surface area contributed by atoms with Crippen molar-refractivity contribution in [3.63, 3.8) is 0 Å². The number of benzene rings is 1. The highest BCUT2D eigenvalue weighted by atomic mass is 32.1. The quantitative estimate of drug-likeness (QED) is 0.637. The number of carbonyl (C=O) groups is 1. The third kappa shape index (κ3) is 4.74. The van der Waals surface area contributed by atoms with Crippen LogP contribution in [0.3, 0.4) is 0 Å². The van der Waals surface area contributed by atoms with Crippen molar-refractivity contribution in [3.05, 3.63) is 59.2 Å². The lowest BCUT2D eigenvalue weighted by Crippen LogP contribution is -2.23. The van der Waals surface area contributed by atoms with E-state index in [0.29, 0.717) is 18.8 Å². The van der Waals surface area contributed by atoms with Gasteiger partial charge in [0.05, 0.1) is 6.61 Å². The van der Waals surface area contributed by atoms with Crippen molar-refractivity contribution in [2.75, 3.05) is 24.6 Å². The lowest BCUT2D eigenvalue weighted by atomic mass is 10.2. The highest BCUT2D eigenvalue weighted by Crippen LogP contribution is 2.26. The molecule has 29 heavy (non-hydrogen) atoms. The maximum atomic E-state index is 12.5. The van der Waals surface area contributed by atoms with Gasteiger partial charge in [0, 0.05) is 36.8 Å². The number of anilines is 1. The van der Waals surface area contributed by atoms with Crippen LogP contribution in [0.4, 0.5) is 5.82 Å². The summed E-state index contributed by atoms with van der Waals surface area (Å²) in [4.78, 5) is 23.8. The number of amides is 1. The number of nitrogens with zero attached hydrogens (tertiary/aromatic N) is 3. The third-order valence-corrected chi connectivity index (χ3v) is 5.72. The van der Waals surface area contributed by atoms with Crippen LogP contribution in [-0.2, 0) is 6.54 Å². The van der Waals surface area contributed by atoms with E-state index in [2.05, 4.69) is 20.2 Å². The van der Waals surface area contributed by atoms with E-state index in [1.165, 1.54) is 24.2 Å². The summed E-state index contributed by atoms with van der Waals surface area (Å²) in [5, 5.41) is 5.51. The molecule has 1 aliphatic rings. The lowest BCUT2D eigenvalue weighted by Gasteiger charge is -2.15. The topological polar surface area (TPSA) is 67.3 Å². The molecule has 4 rings (SSSR count). The van der Waals surface area contributed by atoms with Gasteiger partial charge in [0.25, 0.3) is 5.91 Å². The van der Waals surface area contributed by atoms with Crippen molar-refractivity contribution in [1.29, 1.82) is 0 Å². The second-order valence-corrected chi connectivity index (χ2v) is 7.76. The number of aromatic nitrogens is 2. The molecule has 7 heteroatoms. The summed E-state index contributed by atoms with van der Waals surface area (Å²) in [5.74, 6) is 1.63. The van der Waals surface area contributed by atoms with Crippen molar-refractivity contribution < 1.29 is 9.53 Å². The fourth-order valence-electron chi connectivity index (χ4n) is 3.34. The summed E-state index contributed by atoms with van der Waals surface area (Å²) in [6.45, 7) is 5.14. The first-order valence-electron chi connectivity index (χ1n) is 9.90. The molecule has 6 nitrogen and oxygen atoms in total. The van der Waals surface area contributed by atoms with Gasteiger partial charge in [-0.25, -0.2) is 9.97 Å². The van der Waals surface area contributed by atoms with Gasteiger partial charge in [-0.2, -0.15) is 0 Å². The van der Waals surface area contributed by atoms with E-state index in [1.54, 1.807) is 5.38 Å². The summed E-state index contributed by atoms with van der Waals surface area (Å²) < 4.78 is 5.50.